The zero-order valence-electron chi connectivity index (χ0n) is 16.4. The van der Waals surface area contributed by atoms with Crippen LogP contribution >= 0.6 is 23.6 Å². The maximum Gasteiger partial charge on any atom is 0.341 e. The third kappa shape index (κ3) is 5.05. The first-order valence-electron chi connectivity index (χ1n) is 8.88. The molecule has 1 amide bonds. The molecule has 0 unspecified atom stereocenters. The number of nitrogens with zero attached hydrogens (tertiary/aromatic N) is 2. The first-order valence-corrected chi connectivity index (χ1v) is 10.1. The summed E-state index contributed by atoms with van der Waals surface area (Å²) in [4.78, 5) is 31.5. The molecule has 0 fully saturated rings. The molecule has 2 aromatic heterocycles. The number of aromatic nitrogens is 1. The molecule has 150 valence electrons. The second kappa shape index (κ2) is 10.1. The number of carbonyl (C=O) groups is 2. The van der Waals surface area contributed by atoms with Crippen molar-refractivity contribution in [1.29, 1.82) is 0 Å². The lowest BCUT2D eigenvalue weighted by molar-refractivity contribution is 0.0601. The number of hydrogen-bond acceptors (Lipinski definition) is 6. The van der Waals surface area contributed by atoms with E-state index in [2.05, 4.69) is 15.6 Å². The van der Waals surface area contributed by atoms with Crippen LogP contribution in [0.2, 0.25) is 0 Å². The average molecular weight is 421 g/mol. The number of anilines is 1. The van der Waals surface area contributed by atoms with Crippen LogP contribution in [0.1, 0.15) is 45.1 Å². The Bertz CT molecular complexity index is 848. The number of amides is 1. The first kappa shape index (κ1) is 21.8. The number of methoxy groups -OCH3 is 1. The summed E-state index contributed by atoms with van der Waals surface area (Å²) in [5.41, 5.74) is 1.74. The summed E-state index contributed by atoms with van der Waals surface area (Å²) in [6.45, 7) is 7.20. The number of thiocarbonyl (C=S) groups is 1. The Morgan fingerprint density at radius 1 is 1.29 bits per heavy atom. The number of ether oxygens (including phenoxy) is 1. The van der Waals surface area contributed by atoms with Gasteiger partial charge in [0, 0.05) is 19.3 Å². The predicted molar refractivity (Wildman–Crippen MR) is 115 cm³/mol. The molecule has 0 aliphatic rings. The van der Waals surface area contributed by atoms with Crippen LogP contribution in [0.25, 0.3) is 0 Å². The third-order valence-corrected chi connectivity index (χ3v) is 5.61. The zero-order valence-corrected chi connectivity index (χ0v) is 18.0. The molecule has 9 heteroatoms. The molecule has 2 rings (SSSR count). The molecule has 7 nitrogen and oxygen atoms in total. The molecule has 0 bridgehead atoms. The van der Waals surface area contributed by atoms with Gasteiger partial charge in [0.2, 0.25) is 0 Å². The lowest BCUT2D eigenvalue weighted by Crippen LogP contribution is -2.30. The topological polar surface area (TPSA) is 83.6 Å². The van der Waals surface area contributed by atoms with E-state index >= 15 is 0 Å². The molecule has 28 heavy (non-hydrogen) atoms. The largest absolute Gasteiger partial charge is 0.465 e. The Balaban J connectivity index is 2.24. The highest BCUT2D eigenvalue weighted by molar-refractivity contribution is 7.80. The summed E-state index contributed by atoms with van der Waals surface area (Å²) < 4.78 is 4.90. The van der Waals surface area contributed by atoms with Gasteiger partial charge >= 0.3 is 5.97 Å². The average Bonchev–Trinajstić information content (AvgIpc) is 3.03. The zero-order chi connectivity index (χ0) is 20.7. The van der Waals surface area contributed by atoms with Gasteiger partial charge in [0.1, 0.15) is 5.00 Å². The number of carbonyl (C=O) groups excluding carboxylic acids is 2. The maximum atomic E-state index is 12.8. The molecular weight excluding hydrogens is 396 g/mol. The van der Waals surface area contributed by atoms with E-state index in [-0.39, 0.29) is 5.91 Å². The van der Waals surface area contributed by atoms with Crippen molar-refractivity contribution in [1.82, 2.24) is 15.2 Å². The fraction of sp³-hybridized carbons (Fsp3) is 0.368. The van der Waals surface area contributed by atoms with Crippen LogP contribution in [0.3, 0.4) is 0 Å². The summed E-state index contributed by atoms with van der Waals surface area (Å²) in [6.07, 6.45) is 1.70. The van der Waals surface area contributed by atoms with E-state index in [1.807, 2.05) is 32.0 Å². The lowest BCUT2D eigenvalue weighted by atomic mass is 10.1. The lowest BCUT2D eigenvalue weighted by Gasteiger charge is -2.17. The van der Waals surface area contributed by atoms with Gasteiger partial charge in [-0.25, -0.2) is 4.79 Å². The highest BCUT2D eigenvalue weighted by Crippen LogP contribution is 2.34. The van der Waals surface area contributed by atoms with Gasteiger partial charge in [-0.2, -0.15) is 0 Å². The van der Waals surface area contributed by atoms with Crippen molar-refractivity contribution < 1.29 is 14.3 Å². The minimum atomic E-state index is -0.512. The first-order chi connectivity index (χ1) is 13.4. The summed E-state index contributed by atoms with van der Waals surface area (Å²) in [5, 5.41) is 6.90. The van der Waals surface area contributed by atoms with E-state index in [1.54, 1.807) is 18.0 Å². The Hall–Kier alpha value is -2.52. The Labute approximate surface area is 174 Å². The van der Waals surface area contributed by atoms with Crippen molar-refractivity contribution in [3.8, 4) is 0 Å². The molecule has 2 aromatic rings. The van der Waals surface area contributed by atoms with Crippen LogP contribution in [-0.2, 0) is 11.3 Å². The van der Waals surface area contributed by atoms with E-state index in [1.165, 1.54) is 18.4 Å². The summed E-state index contributed by atoms with van der Waals surface area (Å²) in [5.74, 6) is -0.625. The number of rotatable bonds is 7. The number of esters is 1. The predicted octanol–water partition coefficient (Wildman–Crippen LogP) is 3.21. The van der Waals surface area contributed by atoms with Crippen LogP contribution in [0.15, 0.2) is 24.4 Å². The van der Waals surface area contributed by atoms with E-state index < -0.39 is 5.97 Å². The highest BCUT2D eigenvalue weighted by Gasteiger charge is 2.27. The fourth-order valence-electron chi connectivity index (χ4n) is 2.63. The molecule has 0 saturated carbocycles. The van der Waals surface area contributed by atoms with Gasteiger partial charge in [-0.3, -0.25) is 9.78 Å². The molecule has 0 aliphatic heterocycles. The van der Waals surface area contributed by atoms with Crippen molar-refractivity contribution in [3.63, 3.8) is 0 Å². The van der Waals surface area contributed by atoms with Gasteiger partial charge in [0.25, 0.3) is 5.91 Å². The standard InChI is InChI=1S/C19H24N4O3S2/c1-5-23(6-2)17(24)15-12(3)14(18(25)26-4)16(28-15)22-19(27)21-11-13-9-7-8-10-20-13/h7-10H,5-6,11H2,1-4H3,(H2,21,22,27). The van der Waals surface area contributed by atoms with Crippen LogP contribution in [0.4, 0.5) is 5.00 Å². The minimum Gasteiger partial charge on any atom is -0.465 e. The van der Waals surface area contributed by atoms with Crippen LogP contribution in [0, 0.1) is 6.92 Å². The third-order valence-electron chi connectivity index (χ3n) is 4.16. The Morgan fingerprint density at radius 3 is 2.57 bits per heavy atom. The SMILES string of the molecule is CCN(CC)C(=O)c1sc(NC(=S)NCc2ccccn2)c(C(=O)OC)c1C. The molecule has 0 saturated heterocycles. The number of pyridine rings is 1. The minimum absolute atomic E-state index is 0.113. The second-order valence-corrected chi connectivity index (χ2v) is 7.29. The van der Waals surface area contributed by atoms with Gasteiger partial charge in [0.05, 0.1) is 29.8 Å². The second-order valence-electron chi connectivity index (χ2n) is 5.86. The van der Waals surface area contributed by atoms with E-state index in [9.17, 15) is 9.59 Å². The van der Waals surface area contributed by atoms with Crippen molar-refractivity contribution >= 4 is 45.5 Å². The Morgan fingerprint density at radius 2 is 2.00 bits per heavy atom. The van der Waals surface area contributed by atoms with Crippen LogP contribution in [0.5, 0.6) is 0 Å². The van der Waals surface area contributed by atoms with E-state index in [4.69, 9.17) is 17.0 Å². The van der Waals surface area contributed by atoms with Gasteiger partial charge in [-0.1, -0.05) is 6.07 Å². The summed E-state index contributed by atoms with van der Waals surface area (Å²) >= 11 is 6.54. The quantitative estimate of drug-likeness (QED) is 0.526. The van der Waals surface area contributed by atoms with Crippen molar-refractivity contribution in [2.75, 3.05) is 25.5 Å². The van der Waals surface area contributed by atoms with Crippen LogP contribution in [-0.4, -0.2) is 47.1 Å². The number of thiophene rings is 1. The molecule has 2 N–H and O–H groups in total. The van der Waals surface area contributed by atoms with Gasteiger partial charge < -0.3 is 20.3 Å². The van der Waals surface area contributed by atoms with Crippen molar-refractivity contribution in [2.24, 2.45) is 0 Å². The normalized spacial score (nSPS) is 10.3. The molecular formula is C19H24N4O3S2. The summed E-state index contributed by atoms with van der Waals surface area (Å²) in [6, 6.07) is 5.61. The highest BCUT2D eigenvalue weighted by atomic mass is 32.1. The number of hydrogen-bond donors (Lipinski definition) is 2. The summed E-state index contributed by atoms with van der Waals surface area (Å²) in [7, 11) is 1.31. The number of nitrogens with one attached hydrogen (secondary N) is 2. The Kier molecular flexibility index (Phi) is 7.89. The molecule has 0 aliphatic carbocycles. The molecule has 2 heterocycles. The van der Waals surface area contributed by atoms with E-state index in [0.717, 1.165) is 5.69 Å². The monoisotopic (exact) mass is 420 g/mol. The molecule has 0 aromatic carbocycles. The van der Waals surface area contributed by atoms with Gasteiger partial charge in [-0.15, -0.1) is 11.3 Å². The van der Waals surface area contributed by atoms with Crippen molar-refractivity contribution in [2.45, 2.75) is 27.3 Å². The van der Waals surface area contributed by atoms with E-state index in [0.29, 0.717) is 45.8 Å². The smallest absolute Gasteiger partial charge is 0.341 e. The maximum absolute atomic E-state index is 12.8. The van der Waals surface area contributed by atoms with Gasteiger partial charge in [0.15, 0.2) is 5.11 Å². The molecule has 0 atom stereocenters. The van der Waals surface area contributed by atoms with Gasteiger partial charge in [-0.05, 0) is 50.7 Å². The molecule has 0 radical (unpaired) electrons. The van der Waals surface area contributed by atoms with Crippen LogP contribution < -0.4 is 10.6 Å². The molecule has 0 spiro atoms. The van der Waals surface area contributed by atoms with Crippen molar-refractivity contribution in [3.05, 3.63) is 46.1 Å². The fourth-order valence-corrected chi connectivity index (χ4v) is 4.03.